The maximum Gasteiger partial charge on any atom is 0.307 e. The topological polar surface area (TPSA) is 77.8 Å². The lowest BCUT2D eigenvalue weighted by molar-refractivity contribution is -0.141. The summed E-state index contributed by atoms with van der Waals surface area (Å²) in [5.41, 5.74) is 0. The molecule has 92 valence electrons. The molecule has 1 saturated carbocycles. The fourth-order valence-corrected chi connectivity index (χ4v) is 1.77. The molecule has 1 rings (SSSR count). The van der Waals surface area contributed by atoms with Crippen molar-refractivity contribution in [2.75, 3.05) is 20.2 Å². The zero-order valence-corrected chi connectivity index (χ0v) is 9.56. The molecule has 1 fully saturated rings. The van der Waals surface area contributed by atoms with E-state index in [1.54, 1.807) is 11.9 Å². The molecule has 0 saturated heterocycles. The molecule has 16 heavy (non-hydrogen) atoms. The van der Waals surface area contributed by atoms with Crippen LogP contribution < -0.4 is 0 Å². The lowest BCUT2D eigenvalue weighted by Crippen LogP contribution is -2.30. The first-order valence-electron chi connectivity index (χ1n) is 5.66. The average Bonchev–Trinajstić information content (AvgIpc) is 3.03. The normalized spacial score (nSPS) is 22.9. The van der Waals surface area contributed by atoms with E-state index < -0.39 is 11.9 Å². The number of carboxylic acid groups (broad SMARTS) is 1. The molecule has 0 heterocycles. The fraction of sp³-hybridized carbons (Fsp3) is 0.818. The Hall–Kier alpha value is -1.10. The van der Waals surface area contributed by atoms with Crippen LogP contribution in [0.25, 0.3) is 0 Å². The van der Waals surface area contributed by atoms with Gasteiger partial charge in [0.1, 0.15) is 0 Å². The van der Waals surface area contributed by atoms with Crippen molar-refractivity contribution in [2.45, 2.75) is 25.7 Å². The van der Waals surface area contributed by atoms with Crippen LogP contribution in [0.15, 0.2) is 0 Å². The van der Waals surface area contributed by atoms with Crippen LogP contribution in [0.2, 0.25) is 0 Å². The Bertz CT molecular complexity index is 267. The minimum Gasteiger partial charge on any atom is -0.481 e. The Kier molecular flexibility index (Phi) is 4.73. The van der Waals surface area contributed by atoms with Gasteiger partial charge in [0.25, 0.3) is 0 Å². The van der Waals surface area contributed by atoms with Crippen molar-refractivity contribution < 1.29 is 19.8 Å². The van der Waals surface area contributed by atoms with Crippen molar-refractivity contribution in [3.63, 3.8) is 0 Å². The first-order valence-corrected chi connectivity index (χ1v) is 5.66. The molecule has 1 amide bonds. The van der Waals surface area contributed by atoms with E-state index in [2.05, 4.69) is 0 Å². The van der Waals surface area contributed by atoms with Gasteiger partial charge in [-0.1, -0.05) is 0 Å². The summed E-state index contributed by atoms with van der Waals surface area (Å²) in [5, 5.41) is 17.3. The number of hydrogen-bond acceptors (Lipinski definition) is 3. The molecule has 5 nitrogen and oxygen atoms in total. The van der Waals surface area contributed by atoms with Crippen LogP contribution in [0.4, 0.5) is 0 Å². The van der Waals surface area contributed by atoms with Crippen LogP contribution in [-0.4, -0.2) is 47.2 Å². The third-order valence-electron chi connectivity index (χ3n) is 2.95. The first-order chi connectivity index (χ1) is 7.57. The number of aliphatic hydroxyl groups is 1. The molecule has 5 heteroatoms. The van der Waals surface area contributed by atoms with Gasteiger partial charge in [-0.25, -0.2) is 0 Å². The highest BCUT2D eigenvalue weighted by molar-refractivity contribution is 5.89. The summed E-state index contributed by atoms with van der Waals surface area (Å²) in [6.45, 7) is 0.822. The van der Waals surface area contributed by atoms with E-state index in [0.717, 1.165) is 19.3 Å². The number of carbonyl (C=O) groups is 2. The largest absolute Gasteiger partial charge is 0.481 e. The van der Waals surface area contributed by atoms with Gasteiger partial charge in [0, 0.05) is 20.2 Å². The van der Waals surface area contributed by atoms with Gasteiger partial charge in [-0.15, -0.1) is 0 Å². The van der Waals surface area contributed by atoms with E-state index >= 15 is 0 Å². The number of carboxylic acids is 1. The molecule has 0 unspecified atom stereocenters. The second-order valence-electron chi connectivity index (χ2n) is 4.33. The van der Waals surface area contributed by atoms with Gasteiger partial charge in [0.15, 0.2) is 0 Å². The zero-order valence-electron chi connectivity index (χ0n) is 9.56. The van der Waals surface area contributed by atoms with Gasteiger partial charge >= 0.3 is 5.97 Å². The number of nitrogens with zero attached hydrogens (tertiary/aromatic N) is 1. The molecule has 2 N–H and O–H groups in total. The van der Waals surface area contributed by atoms with Crippen LogP contribution in [0, 0.1) is 11.8 Å². The number of aliphatic hydroxyl groups excluding tert-OH is 1. The van der Waals surface area contributed by atoms with E-state index in [4.69, 9.17) is 10.2 Å². The number of unbranched alkanes of at least 4 members (excludes halogenated alkanes) is 2. The predicted octanol–water partition coefficient (Wildman–Crippen LogP) is 0.328. The van der Waals surface area contributed by atoms with E-state index in [-0.39, 0.29) is 18.4 Å². The summed E-state index contributed by atoms with van der Waals surface area (Å²) in [4.78, 5) is 23.9. The third-order valence-corrected chi connectivity index (χ3v) is 2.95. The summed E-state index contributed by atoms with van der Waals surface area (Å²) in [6.07, 6.45) is 2.98. The average molecular weight is 229 g/mol. The summed E-state index contributed by atoms with van der Waals surface area (Å²) in [6, 6.07) is 0. The van der Waals surface area contributed by atoms with Crippen LogP contribution in [0.1, 0.15) is 25.7 Å². The Morgan fingerprint density at radius 3 is 2.44 bits per heavy atom. The lowest BCUT2D eigenvalue weighted by Gasteiger charge is -2.16. The maximum atomic E-state index is 11.7. The van der Waals surface area contributed by atoms with Gasteiger partial charge < -0.3 is 15.1 Å². The Balaban J connectivity index is 2.19. The molecule has 1 aliphatic carbocycles. The quantitative estimate of drug-likeness (QED) is 0.617. The molecule has 0 bridgehead atoms. The number of rotatable bonds is 7. The highest BCUT2D eigenvalue weighted by Gasteiger charge is 2.49. The molecule has 2 atom stereocenters. The summed E-state index contributed by atoms with van der Waals surface area (Å²) in [7, 11) is 1.71. The Morgan fingerprint density at radius 1 is 1.25 bits per heavy atom. The monoisotopic (exact) mass is 229 g/mol. The van der Waals surface area contributed by atoms with E-state index in [1.807, 2.05) is 0 Å². The minimum atomic E-state index is -0.868. The SMILES string of the molecule is CN(CCCCCO)C(=O)[C@@H]1C[C@@H]1C(=O)O. The maximum absolute atomic E-state index is 11.7. The molecule has 0 aliphatic heterocycles. The van der Waals surface area contributed by atoms with Crippen molar-refractivity contribution in [3.05, 3.63) is 0 Å². The van der Waals surface area contributed by atoms with Gasteiger partial charge in [-0.05, 0) is 25.7 Å². The van der Waals surface area contributed by atoms with E-state index in [9.17, 15) is 9.59 Å². The number of hydrogen-bond donors (Lipinski definition) is 2. The molecule has 0 aromatic rings. The van der Waals surface area contributed by atoms with E-state index in [1.165, 1.54) is 0 Å². The van der Waals surface area contributed by atoms with Crippen molar-refractivity contribution in [1.82, 2.24) is 4.90 Å². The van der Waals surface area contributed by atoms with Crippen LogP contribution in [0.5, 0.6) is 0 Å². The number of aliphatic carboxylic acids is 1. The third kappa shape index (κ3) is 3.48. The van der Waals surface area contributed by atoms with Crippen LogP contribution >= 0.6 is 0 Å². The molecule has 1 aliphatic rings. The highest BCUT2D eigenvalue weighted by Crippen LogP contribution is 2.39. The second kappa shape index (κ2) is 5.84. The number of amides is 1. The lowest BCUT2D eigenvalue weighted by atomic mass is 10.2. The molecular weight excluding hydrogens is 210 g/mol. The summed E-state index contributed by atoms with van der Waals surface area (Å²) >= 11 is 0. The van der Waals surface area contributed by atoms with Gasteiger partial charge in [0.2, 0.25) is 5.91 Å². The van der Waals surface area contributed by atoms with Crippen LogP contribution in [0.3, 0.4) is 0 Å². The summed E-state index contributed by atoms with van der Waals surface area (Å²) < 4.78 is 0. The highest BCUT2D eigenvalue weighted by atomic mass is 16.4. The number of carbonyl (C=O) groups excluding carboxylic acids is 1. The fourth-order valence-electron chi connectivity index (χ4n) is 1.77. The van der Waals surface area contributed by atoms with Gasteiger partial charge in [-0.3, -0.25) is 9.59 Å². The van der Waals surface area contributed by atoms with Crippen molar-refractivity contribution in [1.29, 1.82) is 0 Å². The Morgan fingerprint density at radius 2 is 1.94 bits per heavy atom. The van der Waals surface area contributed by atoms with Crippen molar-refractivity contribution >= 4 is 11.9 Å². The zero-order chi connectivity index (χ0) is 12.1. The Labute approximate surface area is 95.1 Å². The molecule has 0 aromatic heterocycles. The second-order valence-corrected chi connectivity index (χ2v) is 4.33. The predicted molar refractivity (Wildman–Crippen MR) is 57.8 cm³/mol. The standard InChI is InChI=1S/C11H19NO4/c1-12(5-3-2-4-6-13)10(14)8-7-9(8)11(15)16/h8-9,13H,2-7H2,1H3,(H,15,16)/t8-,9+/m1/s1. The molecule has 0 aromatic carbocycles. The van der Waals surface area contributed by atoms with E-state index in [0.29, 0.717) is 13.0 Å². The minimum absolute atomic E-state index is 0.0589. The van der Waals surface area contributed by atoms with Gasteiger partial charge in [0.05, 0.1) is 11.8 Å². The molecular formula is C11H19NO4. The molecule has 0 spiro atoms. The summed E-state index contributed by atoms with van der Waals surface area (Å²) in [5.74, 6) is -1.70. The van der Waals surface area contributed by atoms with Gasteiger partial charge in [-0.2, -0.15) is 0 Å². The van der Waals surface area contributed by atoms with Crippen LogP contribution in [-0.2, 0) is 9.59 Å². The smallest absolute Gasteiger partial charge is 0.307 e. The van der Waals surface area contributed by atoms with Crippen molar-refractivity contribution in [2.24, 2.45) is 11.8 Å². The first kappa shape index (κ1) is 13.0. The van der Waals surface area contributed by atoms with Crippen molar-refractivity contribution in [3.8, 4) is 0 Å². The molecule has 0 radical (unpaired) electrons.